The van der Waals surface area contributed by atoms with Gasteiger partial charge in [0, 0.05) is 0 Å². The SMILES string of the molecule is CCOC(=O)C=NC#N. The van der Waals surface area contributed by atoms with E-state index in [1.807, 2.05) is 0 Å². The van der Waals surface area contributed by atoms with Crippen LogP contribution in [0.1, 0.15) is 6.92 Å². The molecule has 0 aliphatic rings. The maximum absolute atomic E-state index is 10.3. The summed E-state index contributed by atoms with van der Waals surface area (Å²) >= 11 is 0. The lowest BCUT2D eigenvalue weighted by atomic mass is 10.7. The minimum absolute atomic E-state index is 0.302. The molecule has 0 fully saturated rings. The minimum Gasteiger partial charge on any atom is -0.462 e. The molecule has 0 aromatic carbocycles. The van der Waals surface area contributed by atoms with Crippen molar-refractivity contribution in [1.29, 1.82) is 5.26 Å². The second kappa shape index (κ2) is 4.78. The Hall–Kier alpha value is -1.37. The average molecular weight is 126 g/mol. The van der Waals surface area contributed by atoms with E-state index < -0.39 is 5.97 Å². The molecule has 0 aromatic heterocycles. The summed E-state index contributed by atoms with van der Waals surface area (Å²) in [6.45, 7) is 1.98. The van der Waals surface area contributed by atoms with Gasteiger partial charge in [0.15, 0.2) is 0 Å². The van der Waals surface area contributed by atoms with Crippen LogP contribution in [-0.4, -0.2) is 18.8 Å². The van der Waals surface area contributed by atoms with E-state index in [0.717, 1.165) is 6.21 Å². The van der Waals surface area contributed by atoms with Crippen LogP contribution in [0, 0.1) is 11.5 Å². The topological polar surface area (TPSA) is 62.4 Å². The fourth-order valence-electron chi connectivity index (χ4n) is 0.261. The van der Waals surface area contributed by atoms with Crippen LogP contribution >= 0.6 is 0 Å². The van der Waals surface area contributed by atoms with E-state index in [9.17, 15) is 4.79 Å². The van der Waals surface area contributed by atoms with Crippen molar-refractivity contribution >= 4 is 12.2 Å². The fourth-order valence-corrected chi connectivity index (χ4v) is 0.261. The third-order valence-electron chi connectivity index (χ3n) is 0.514. The first-order valence-corrected chi connectivity index (χ1v) is 2.40. The molecular formula is C5H6N2O2. The molecule has 0 saturated heterocycles. The molecule has 0 amide bonds. The van der Waals surface area contributed by atoms with Crippen molar-refractivity contribution < 1.29 is 9.53 Å². The van der Waals surface area contributed by atoms with Crippen LogP contribution in [0.25, 0.3) is 0 Å². The second-order valence-corrected chi connectivity index (χ2v) is 1.11. The van der Waals surface area contributed by atoms with Gasteiger partial charge in [0.05, 0.1) is 6.61 Å². The molecule has 0 atom stereocenters. The van der Waals surface area contributed by atoms with Crippen molar-refractivity contribution in [3.8, 4) is 6.19 Å². The molecule has 4 heteroatoms. The molecule has 0 rings (SSSR count). The molecule has 0 aliphatic heterocycles. The normalized spacial score (nSPS) is 8.89. The van der Waals surface area contributed by atoms with Gasteiger partial charge in [0.25, 0.3) is 0 Å². The highest BCUT2D eigenvalue weighted by Crippen LogP contribution is 1.71. The van der Waals surface area contributed by atoms with Gasteiger partial charge in [-0.2, -0.15) is 10.3 Å². The van der Waals surface area contributed by atoms with E-state index in [4.69, 9.17) is 5.26 Å². The molecule has 0 aliphatic carbocycles. The van der Waals surface area contributed by atoms with E-state index >= 15 is 0 Å². The monoisotopic (exact) mass is 126 g/mol. The van der Waals surface area contributed by atoms with E-state index in [1.54, 1.807) is 6.92 Å². The number of carbonyl (C=O) groups is 1. The predicted octanol–water partition coefficient (Wildman–Crippen LogP) is 0.101. The predicted molar refractivity (Wildman–Crippen MR) is 30.7 cm³/mol. The van der Waals surface area contributed by atoms with Gasteiger partial charge in [0.1, 0.15) is 6.21 Å². The van der Waals surface area contributed by atoms with Gasteiger partial charge in [-0.3, -0.25) is 0 Å². The Morgan fingerprint density at radius 1 is 2.00 bits per heavy atom. The van der Waals surface area contributed by atoms with E-state index in [-0.39, 0.29) is 0 Å². The van der Waals surface area contributed by atoms with Gasteiger partial charge in [-0.05, 0) is 6.92 Å². The smallest absolute Gasteiger partial charge is 0.350 e. The second-order valence-electron chi connectivity index (χ2n) is 1.11. The number of ether oxygens (including phenoxy) is 1. The molecule has 4 nitrogen and oxygen atoms in total. The van der Waals surface area contributed by atoms with Gasteiger partial charge in [-0.25, -0.2) is 4.79 Å². The number of nitrogens with zero attached hydrogens (tertiary/aromatic N) is 2. The maximum atomic E-state index is 10.3. The summed E-state index contributed by atoms with van der Waals surface area (Å²) in [5.41, 5.74) is 0. The highest BCUT2D eigenvalue weighted by Gasteiger charge is 1.91. The standard InChI is InChI=1S/C5H6N2O2/c1-2-9-5(8)3-7-4-6/h3H,2H2,1H3. The summed E-state index contributed by atoms with van der Waals surface area (Å²) in [6.07, 6.45) is 2.26. The quantitative estimate of drug-likeness (QED) is 0.299. The van der Waals surface area contributed by atoms with Gasteiger partial charge >= 0.3 is 5.97 Å². The molecule has 48 valence electrons. The van der Waals surface area contributed by atoms with Crippen LogP contribution in [0.3, 0.4) is 0 Å². The van der Waals surface area contributed by atoms with Crippen molar-refractivity contribution in [3.63, 3.8) is 0 Å². The van der Waals surface area contributed by atoms with Crippen molar-refractivity contribution in [2.75, 3.05) is 6.61 Å². The maximum Gasteiger partial charge on any atom is 0.350 e. The molecule has 0 saturated carbocycles. The summed E-state index contributed by atoms with van der Waals surface area (Å²) < 4.78 is 4.40. The molecule has 0 spiro atoms. The molecule has 0 unspecified atom stereocenters. The molecule has 0 aromatic rings. The van der Waals surface area contributed by atoms with Crippen LogP contribution in [0.15, 0.2) is 4.99 Å². The fraction of sp³-hybridized carbons (Fsp3) is 0.400. The molecule has 0 heterocycles. The molecule has 9 heavy (non-hydrogen) atoms. The van der Waals surface area contributed by atoms with Crippen LogP contribution in [0.4, 0.5) is 0 Å². The van der Waals surface area contributed by atoms with Crippen molar-refractivity contribution in [3.05, 3.63) is 0 Å². The number of esters is 1. The van der Waals surface area contributed by atoms with Crippen molar-refractivity contribution in [2.24, 2.45) is 4.99 Å². The van der Waals surface area contributed by atoms with Crippen LogP contribution in [0.2, 0.25) is 0 Å². The van der Waals surface area contributed by atoms with Crippen LogP contribution in [-0.2, 0) is 9.53 Å². The Morgan fingerprint density at radius 3 is 3.11 bits per heavy atom. The summed E-state index contributed by atoms with van der Waals surface area (Å²) in [6, 6.07) is 0. The highest BCUT2D eigenvalue weighted by molar-refractivity contribution is 6.23. The van der Waals surface area contributed by atoms with Gasteiger partial charge in [0.2, 0.25) is 6.19 Å². The summed E-state index contributed by atoms with van der Waals surface area (Å²) in [4.78, 5) is 13.3. The van der Waals surface area contributed by atoms with Gasteiger partial charge in [-0.15, -0.1) is 0 Å². The third-order valence-corrected chi connectivity index (χ3v) is 0.514. The lowest BCUT2D eigenvalue weighted by molar-refractivity contribution is -0.134. The van der Waals surface area contributed by atoms with Crippen LogP contribution in [0.5, 0.6) is 0 Å². The number of hydrogen-bond donors (Lipinski definition) is 0. The third kappa shape index (κ3) is 4.48. The molecule has 0 bridgehead atoms. The first-order chi connectivity index (χ1) is 4.31. The number of carbonyl (C=O) groups excluding carboxylic acids is 1. The zero-order valence-corrected chi connectivity index (χ0v) is 5.00. The van der Waals surface area contributed by atoms with Gasteiger partial charge in [-0.1, -0.05) is 0 Å². The first-order valence-electron chi connectivity index (χ1n) is 2.40. The zero-order valence-electron chi connectivity index (χ0n) is 5.00. The lowest BCUT2D eigenvalue weighted by Crippen LogP contribution is -2.03. The Kier molecular flexibility index (Phi) is 4.05. The van der Waals surface area contributed by atoms with Crippen LogP contribution < -0.4 is 0 Å². The average Bonchev–Trinajstić information content (AvgIpc) is 1.85. The number of rotatable bonds is 2. The Labute approximate surface area is 52.8 Å². The van der Waals surface area contributed by atoms with Crippen molar-refractivity contribution in [2.45, 2.75) is 6.92 Å². The number of aliphatic imine (C=N–C) groups is 1. The largest absolute Gasteiger partial charge is 0.462 e. The zero-order chi connectivity index (χ0) is 7.11. The Bertz CT molecular complexity index is 157. The summed E-state index contributed by atoms with van der Waals surface area (Å²) in [5.74, 6) is -0.584. The summed E-state index contributed by atoms with van der Waals surface area (Å²) in [7, 11) is 0. The highest BCUT2D eigenvalue weighted by atomic mass is 16.5. The van der Waals surface area contributed by atoms with E-state index in [2.05, 4.69) is 9.73 Å². The van der Waals surface area contributed by atoms with Crippen molar-refractivity contribution in [1.82, 2.24) is 0 Å². The van der Waals surface area contributed by atoms with E-state index in [1.165, 1.54) is 6.19 Å². The number of nitriles is 1. The Balaban J connectivity index is 3.53. The summed E-state index contributed by atoms with van der Waals surface area (Å²) in [5, 5.41) is 7.83. The molecule has 0 radical (unpaired) electrons. The molecule has 0 N–H and O–H groups in total. The lowest BCUT2D eigenvalue weighted by Gasteiger charge is -1.90. The minimum atomic E-state index is -0.584. The first kappa shape index (κ1) is 7.63. The van der Waals surface area contributed by atoms with Gasteiger partial charge < -0.3 is 4.74 Å². The number of hydrogen-bond acceptors (Lipinski definition) is 4. The molecular weight excluding hydrogens is 120 g/mol. The Morgan fingerprint density at radius 2 is 2.67 bits per heavy atom. The van der Waals surface area contributed by atoms with E-state index in [0.29, 0.717) is 6.61 Å².